The molecular weight excluding hydrogens is 354 g/mol. The van der Waals surface area contributed by atoms with Crippen molar-refractivity contribution in [1.82, 2.24) is 4.90 Å². The lowest BCUT2D eigenvalue weighted by molar-refractivity contribution is -0.155. The number of carbonyl (C=O) groups is 1. The van der Waals surface area contributed by atoms with Gasteiger partial charge in [0.1, 0.15) is 5.60 Å². The number of carbonyl (C=O) groups excluding carboxylic acids is 1. The van der Waals surface area contributed by atoms with Gasteiger partial charge in [-0.25, -0.2) is 0 Å². The number of phenolic OH excluding ortho intramolecular Hbond substituents is 1. The van der Waals surface area contributed by atoms with Gasteiger partial charge in [0.05, 0.1) is 5.41 Å². The van der Waals surface area contributed by atoms with Crippen molar-refractivity contribution in [2.45, 2.75) is 42.5 Å². The Hall–Kier alpha value is -2.63. The summed E-state index contributed by atoms with van der Waals surface area (Å²) in [5.74, 6) is 0.291. The Morgan fingerprint density at radius 2 is 2.00 bits per heavy atom. The smallest absolute Gasteiger partial charge is 0.196 e. The predicted octanol–water partition coefficient (Wildman–Crippen LogP) is 2.09. The topological polar surface area (TPSA) is 70.0 Å². The van der Waals surface area contributed by atoms with Crippen molar-refractivity contribution in [2.24, 2.45) is 0 Å². The fourth-order valence-corrected chi connectivity index (χ4v) is 6.02. The van der Waals surface area contributed by atoms with E-state index in [4.69, 9.17) is 4.74 Å². The molecule has 0 aromatic heterocycles. The SMILES string of the molecule is O=C1C=CC2(O)[C@H]3Cc4ccc(O)c5c4[C@@]2(CCN3Cc2ccccc2)[C@H]1O5. The van der Waals surface area contributed by atoms with Crippen LogP contribution in [0.2, 0.25) is 0 Å². The van der Waals surface area contributed by atoms with Gasteiger partial charge >= 0.3 is 0 Å². The Morgan fingerprint density at radius 3 is 2.82 bits per heavy atom. The molecule has 1 spiro atoms. The lowest BCUT2D eigenvalue weighted by atomic mass is 9.51. The molecule has 4 aliphatic rings. The van der Waals surface area contributed by atoms with E-state index < -0.39 is 17.1 Å². The molecule has 2 bridgehead atoms. The van der Waals surface area contributed by atoms with Crippen LogP contribution in [0, 0.1) is 0 Å². The first kappa shape index (κ1) is 16.3. The van der Waals surface area contributed by atoms with Gasteiger partial charge in [0.15, 0.2) is 23.4 Å². The lowest BCUT2D eigenvalue weighted by Gasteiger charge is -2.60. The molecule has 2 aromatic rings. The number of ketones is 1. The maximum Gasteiger partial charge on any atom is 0.196 e. The molecule has 2 aromatic carbocycles. The maximum absolute atomic E-state index is 12.7. The van der Waals surface area contributed by atoms with Crippen molar-refractivity contribution in [3.8, 4) is 11.5 Å². The highest BCUT2D eigenvalue weighted by Crippen LogP contribution is 2.63. The lowest BCUT2D eigenvalue weighted by Crippen LogP contribution is -2.75. The Morgan fingerprint density at radius 1 is 1.18 bits per heavy atom. The van der Waals surface area contributed by atoms with Gasteiger partial charge < -0.3 is 14.9 Å². The molecule has 5 heteroatoms. The van der Waals surface area contributed by atoms with Crippen molar-refractivity contribution < 1.29 is 19.7 Å². The van der Waals surface area contributed by atoms with Gasteiger partial charge in [0, 0.05) is 24.7 Å². The molecule has 2 aliphatic carbocycles. The minimum absolute atomic E-state index is 0.0443. The van der Waals surface area contributed by atoms with Crippen LogP contribution in [0.1, 0.15) is 23.1 Å². The highest BCUT2D eigenvalue weighted by molar-refractivity contribution is 5.99. The second-order valence-corrected chi connectivity index (χ2v) is 8.40. The van der Waals surface area contributed by atoms with Gasteiger partial charge in [-0.3, -0.25) is 9.69 Å². The summed E-state index contributed by atoms with van der Waals surface area (Å²) in [7, 11) is 0. The molecule has 1 unspecified atom stereocenters. The van der Waals surface area contributed by atoms with Gasteiger partial charge in [-0.15, -0.1) is 0 Å². The molecule has 2 N–H and O–H groups in total. The van der Waals surface area contributed by atoms with Crippen LogP contribution in [0.5, 0.6) is 11.5 Å². The molecule has 6 rings (SSSR count). The summed E-state index contributed by atoms with van der Waals surface area (Å²) in [5, 5.41) is 22.4. The average Bonchev–Trinajstić information content (AvgIpc) is 3.05. The minimum atomic E-state index is -1.20. The quantitative estimate of drug-likeness (QED) is 0.841. The highest BCUT2D eigenvalue weighted by Gasteiger charge is 2.71. The zero-order valence-corrected chi connectivity index (χ0v) is 15.3. The van der Waals surface area contributed by atoms with Crippen LogP contribution in [0.25, 0.3) is 0 Å². The molecule has 2 heterocycles. The van der Waals surface area contributed by atoms with Gasteiger partial charge in [0.2, 0.25) is 0 Å². The molecule has 0 amide bonds. The van der Waals surface area contributed by atoms with Crippen molar-refractivity contribution >= 4 is 5.78 Å². The van der Waals surface area contributed by atoms with E-state index >= 15 is 0 Å². The number of hydrogen-bond acceptors (Lipinski definition) is 5. The highest BCUT2D eigenvalue weighted by atomic mass is 16.5. The third kappa shape index (κ3) is 1.77. The monoisotopic (exact) mass is 375 g/mol. The molecule has 4 atom stereocenters. The van der Waals surface area contributed by atoms with Crippen molar-refractivity contribution in [3.63, 3.8) is 0 Å². The van der Waals surface area contributed by atoms with Gasteiger partial charge in [-0.05, 0) is 42.2 Å². The number of piperidine rings is 1. The third-order valence-electron chi connectivity index (χ3n) is 7.21. The van der Waals surface area contributed by atoms with Crippen molar-refractivity contribution in [2.75, 3.05) is 6.54 Å². The van der Waals surface area contributed by atoms with Crippen LogP contribution in [0.15, 0.2) is 54.6 Å². The van der Waals surface area contributed by atoms with E-state index in [0.29, 0.717) is 18.6 Å². The zero-order chi connectivity index (χ0) is 19.1. The third-order valence-corrected chi connectivity index (χ3v) is 7.21. The summed E-state index contributed by atoms with van der Waals surface area (Å²) >= 11 is 0. The van der Waals surface area contributed by atoms with Crippen LogP contribution < -0.4 is 4.74 Å². The van der Waals surface area contributed by atoms with Gasteiger partial charge in [0.25, 0.3) is 0 Å². The fourth-order valence-electron chi connectivity index (χ4n) is 6.02. The largest absolute Gasteiger partial charge is 0.504 e. The number of likely N-dealkylation sites (tertiary alicyclic amines) is 1. The normalized spacial score (nSPS) is 34.8. The van der Waals surface area contributed by atoms with E-state index in [9.17, 15) is 15.0 Å². The standard InChI is InChI=1S/C23H21NO4/c25-16-7-6-15-12-18-23(27)9-8-17(26)21-22(23,19(15)20(16)28-21)10-11-24(18)13-14-4-2-1-3-5-14/h1-9,18,21,25,27H,10-13H2/t18-,21+,22+,23?/m1/s1. The number of aliphatic hydroxyl groups is 1. The summed E-state index contributed by atoms with van der Waals surface area (Å²) in [6, 6.07) is 13.7. The first-order valence-corrected chi connectivity index (χ1v) is 9.80. The van der Waals surface area contributed by atoms with Crippen LogP contribution in [-0.4, -0.2) is 45.2 Å². The maximum atomic E-state index is 12.7. The zero-order valence-electron chi connectivity index (χ0n) is 15.3. The minimum Gasteiger partial charge on any atom is -0.504 e. The second kappa shape index (κ2) is 5.25. The molecule has 5 nitrogen and oxygen atoms in total. The molecule has 28 heavy (non-hydrogen) atoms. The Balaban J connectivity index is 1.54. The average molecular weight is 375 g/mol. The molecule has 1 fully saturated rings. The van der Waals surface area contributed by atoms with E-state index in [1.807, 2.05) is 24.3 Å². The molecule has 0 radical (unpaired) electrons. The summed E-state index contributed by atoms with van der Waals surface area (Å²) in [4.78, 5) is 15.1. The Bertz CT molecular complexity index is 1030. The fraction of sp³-hybridized carbons (Fsp3) is 0.348. The van der Waals surface area contributed by atoms with E-state index in [-0.39, 0.29) is 17.6 Å². The molecule has 142 valence electrons. The number of aromatic hydroxyl groups is 1. The predicted molar refractivity (Wildman–Crippen MR) is 102 cm³/mol. The van der Waals surface area contributed by atoms with Crippen LogP contribution in [-0.2, 0) is 23.2 Å². The van der Waals surface area contributed by atoms with Gasteiger partial charge in [-0.2, -0.15) is 0 Å². The second-order valence-electron chi connectivity index (χ2n) is 8.40. The molecule has 1 saturated heterocycles. The molecule has 2 aliphatic heterocycles. The number of rotatable bonds is 2. The first-order chi connectivity index (χ1) is 13.5. The summed E-state index contributed by atoms with van der Waals surface area (Å²) in [6.07, 6.45) is 3.65. The summed E-state index contributed by atoms with van der Waals surface area (Å²) < 4.78 is 6.01. The number of ether oxygens (including phenoxy) is 1. The van der Waals surface area contributed by atoms with E-state index in [1.165, 1.54) is 11.6 Å². The molecule has 0 saturated carbocycles. The van der Waals surface area contributed by atoms with Crippen LogP contribution >= 0.6 is 0 Å². The van der Waals surface area contributed by atoms with Crippen LogP contribution in [0.4, 0.5) is 0 Å². The van der Waals surface area contributed by atoms with Crippen molar-refractivity contribution in [1.29, 1.82) is 0 Å². The molecular formula is C23H21NO4. The number of hydrogen-bond donors (Lipinski definition) is 2. The number of nitrogens with zero attached hydrogens (tertiary/aromatic N) is 1. The first-order valence-electron chi connectivity index (χ1n) is 9.80. The van der Waals surface area contributed by atoms with E-state index in [1.54, 1.807) is 12.1 Å². The Kier molecular flexibility index (Phi) is 3.06. The Labute approximate surface area is 162 Å². The van der Waals surface area contributed by atoms with Crippen molar-refractivity contribution in [3.05, 3.63) is 71.3 Å². The summed E-state index contributed by atoms with van der Waals surface area (Å²) in [6.45, 7) is 1.51. The number of benzene rings is 2. The number of phenols is 1. The van der Waals surface area contributed by atoms with E-state index in [2.05, 4.69) is 17.0 Å². The summed E-state index contributed by atoms with van der Waals surface area (Å²) in [5.41, 5.74) is 1.08. The van der Waals surface area contributed by atoms with Crippen LogP contribution in [0.3, 0.4) is 0 Å². The van der Waals surface area contributed by atoms with E-state index in [0.717, 1.165) is 24.2 Å². The van der Waals surface area contributed by atoms with Gasteiger partial charge in [-0.1, -0.05) is 36.4 Å².